The zero-order valence-electron chi connectivity index (χ0n) is 9.03. The van der Waals surface area contributed by atoms with Gasteiger partial charge < -0.3 is 10.1 Å². The third-order valence-electron chi connectivity index (χ3n) is 2.47. The Morgan fingerprint density at radius 1 is 1.38 bits per heavy atom. The Balaban J connectivity index is 1.71. The van der Waals surface area contributed by atoms with Crippen LogP contribution in [-0.2, 0) is 4.74 Å². The van der Waals surface area contributed by atoms with Crippen LogP contribution in [0.1, 0.15) is 0 Å². The number of nitrogens with zero attached hydrogens (tertiary/aromatic N) is 3. The molecule has 88 valence electrons. The van der Waals surface area contributed by atoms with Crippen LogP contribution in [-0.4, -0.2) is 54.3 Å². The van der Waals surface area contributed by atoms with Crippen LogP contribution in [0.3, 0.4) is 0 Å². The Bertz CT molecular complexity index is 330. The number of halogens is 1. The molecule has 0 radical (unpaired) electrons. The number of hydrogen-bond acceptors (Lipinski definition) is 5. The van der Waals surface area contributed by atoms with Gasteiger partial charge in [0.25, 0.3) is 0 Å². The van der Waals surface area contributed by atoms with Crippen molar-refractivity contribution in [1.82, 2.24) is 14.9 Å². The molecule has 0 amide bonds. The summed E-state index contributed by atoms with van der Waals surface area (Å²) >= 11 is 5.75. The van der Waals surface area contributed by atoms with Gasteiger partial charge in [0.15, 0.2) is 0 Å². The summed E-state index contributed by atoms with van der Waals surface area (Å²) < 4.78 is 5.28. The van der Waals surface area contributed by atoms with Crippen molar-refractivity contribution in [3.8, 4) is 0 Å². The van der Waals surface area contributed by atoms with E-state index in [9.17, 15) is 0 Å². The fraction of sp³-hybridized carbons (Fsp3) is 0.600. The second-order valence-corrected chi connectivity index (χ2v) is 3.99. The van der Waals surface area contributed by atoms with Gasteiger partial charge in [0.1, 0.15) is 17.3 Å². The predicted octanol–water partition coefficient (Wildman–Crippen LogP) is 0.874. The van der Waals surface area contributed by atoms with E-state index in [4.69, 9.17) is 16.3 Å². The fourth-order valence-electron chi connectivity index (χ4n) is 1.60. The molecule has 1 aliphatic heterocycles. The van der Waals surface area contributed by atoms with Gasteiger partial charge in [-0.3, -0.25) is 4.90 Å². The Morgan fingerprint density at radius 3 is 2.94 bits per heavy atom. The summed E-state index contributed by atoms with van der Waals surface area (Å²) in [5, 5.41) is 3.68. The van der Waals surface area contributed by atoms with Gasteiger partial charge in [-0.25, -0.2) is 9.97 Å². The third-order valence-corrected chi connectivity index (χ3v) is 2.68. The smallest absolute Gasteiger partial charge is 0.134 e. The topological polar surface area (TPSA) is 50.3 Å². The van der Waals surface area contributed by atoms with Gasteiger partial charge in [-0.1, -0.05) is 11.6 Å². The highest BCUT2D eigenvalue weighted by Gasteiger charge is 2.09. The summed E-state index contributed by atoms with van der Waals surface area (Å²) in [5.41, 5.74) is 0. The molecule has 0 unspecified atom stereocenters. The van der Waals surface area contributed by atoms with E-state index >= 15 is 0 Å². The number of hydrogen-bond donors (Lipinski definition) is 1. The van der Waals surface area contributed by atoms with Crippen molar-refractivity contribution in [2.24, 2.45) is 0 Å². The Hall–Kier alpha value is -0.910. The second kappa shape index (κ2) is 5.98. The normalized spacial score (nSPS) is 17.3. The van der Waals surface area contributed by atoms with Crippen LogP contribution >= 0.6 is 11.6 Å². The van der Waals surface area contributed by atoms with Crippen LogP contribution in [0.5, 0.6) is 0 Å². The molecule has 1 fully saturated rings. The number of aromatic nitrogens is 2. The van der Waals surface area contributed by atoms with Crippen molar-refractivity contribution in [3.63, 3.8) is 0 Å². The SMILES string of the molecule is Clc1cc(NCCN2CCOCC2)ncn1. The molecule has 5 nitrogen and oxygen atoms in total. The summed E-state index contributed by atoms with van der Waals surface area (Å²) in [5.74, 6) is 0.772. The van der Waals surface area contributed by atoms with E-state index in [1.807, 2.05) is 0 Å². The number of ether oxygens (including phenoxy) is 1. The molecule has 2 heterocycles. The largest absolute Gasteiger partial charge is 0.379 e. The standard InChI is InChI=1S/C10H15ClN4O/c11-9-7-10(14-8-13-9)12-1-2-15-3-5-16-6-4-15/h7-8H,1-6H2,(H,12,13,14). The van der Waals surface area contributed by atoms with Crippen molar-refractivity contribution >= 4 is 17.4 Å². The molecule has 0 aliphatic carbocycles. The predicted molar refractivity (Wildman–Crippen MR) is 62.8 cm³/mol. The highest BCUT2D eigenvalue weighted by Crippen LogP contribution is 2.08. The lowest BCUT2D eigenvalue weighted by Crippen LogP contribution is -2.39. The molecule has 1 aliphatic rings. The first-order valence-corrected chi connectivity index (χ1v) is 5.74. The molecule has 0 atom stereocenters. The summed E-state index contributed by atoms with van der Waals surface area (Å²) in [6.45, 7) is 5.52. The maximum Gasteiger partial charge on any atom is 0.134 e. The Morgan fingerprint density at radius 2 is 2.19 bits per heavy atom. The maximum absolute atomic E-state index is 5.75. The summed E-state index contributed by atoms with van der Waals surface area (Å²) in [6, 6.07) is 1.72. The maximum atomic E-state index is 5.75. The van der Waals surface area contributed by atoms with Crippen molar-refractivity contribution in [1.29, 1.82) is 0 Å². The van der Waals surface area contributed by atoms with Crippen molar-refractivity contribution in [2.75, 3.05) is 44.7 Å². The molecule has 1 N–H and O–H groups in total. The van der Waals surface area contributed by atoms with Crippen molar-refractivity contribution in [2.45, 2.75) is 0 Å². The number of anilines is 1. The molecular weight excluding hydrogens is 228 g/mol. The van der Waals surface area contributed by atoms with Gasteiger partial charge in [-0.2, -0.15) is 0 Å². The summed E-state index contributed by atoms with van der Waals surface area (Å²) in [6.07, 6.45) is 1.46. The molecule has 1 aromatic heterocycles. The van der Waals surface area contributed by atoms with Crippen LogP contribution in [0.2, 0.25) is 5.15 Å². The van der Waals surface area contributed by atoms with Gasteiger partial charge in [-0.15, -0.1) is 0 Å². The van der Waals surface area contributed by atoms with Gasteiger partial charge in [0.05, 0.1) is 13.2 Å². The van der Waals surface area contributed by atoms with Crippen LogP contribution in [0, 0.1) is 0 Å². The fourth-order valence-corrected chi connectivity index (χ4v) is 1.74. The minimum atomic E-state index is 0.462. The van der Waals surface area contributed by atoms with E-state index in [0.29, 0.717) is 5.15 Å². The monoisotopic (exact) mass is 242 g/mol. The molecule has 0 bridgehead atoms. The summed E-state index contributed by atoms with van der Waals surface area (Å²) in [4.78, 5) is 10.3. The van der Waals surface area contributed by atoms with Crippen LogP contribution in [0.4, 0.5) is 5.82 Å². The average molecular weight is 243 g/mol. The van der Waals surface area contributed by atoms with E-state index < -0.39 is 0 Å². The molecular formula is C10H15ClN4O. The van der Waals surface area contributed by atoms with Crippen molar-refractivity contribution in [3.05, 3.63) is 17.5 Å². The van der Waals surface area contributed by atoms with Crippen LogP contribution in [0.15, 0.2) is 12.4 Å². The molecule has 0 saturated carbocycles. The lowest BCUT2D eigenvalue weighted by Gasteiger charge is -2.26. The van der Waals surface area contributed by atoms with E-state index in [-0.39, 0.29) is 0 Å². The first-order valence-electron chi connectivity index (χ1n) is 5.36. The minimum absolute atomic E-state index is 0.462. The molecule has 0 spiro atoms. The Kier molecular flexibility index (Phi) is 4.33. The van der Waals surface area contributed by atoms with Gasteiger partial charge in [-0.05, 0) is 0 Å². The summed E-state index contributed by atoms with van der Waals surface area (Å²) in [7, 11) is 0. The zero-order chi connectivity index (χ0) is 11.2. The molecule has 2 rings (SSSR count). The zero-order valence-corrected chi connectivity index (χ0v) is 9.78. The Labute approximate surface area is 99.8 Å². The number of nitrogens with one attached hydrogen (secondary N) is 1. The van der Waals surface area contributed by atoms with Gasteiger partial charge in [0, 0.05) is 32.2 Å². The molecule has 16 heavy (non-hydrogen) atoms. The quantitative estimate of drug-likeness (QED) is 0.795. The van der Waals surface area contributed by atoms with Gasteiger partial charge in [0.2, 0.25) is 0 Å². The number of morpholine rings is 1. The highest BCUT2D eigenvalue weighted by molar-refractivity contribution is 6.29. The molecule has 6 heteroatoms. The third kappa shape index (κ3) is 3.59. The lowest BCUT2D eigenvalue weighted by molar-refractivity contribution is 0.0398. The van der Waals surface area contributed by atoms with E-state index in [1.165, 1.54) is 6.33 Å². The highest BCUT2D eigenvalue weighted by atomic mass is 35.5. The van der Waals surface area contributed by atoms with E-state index in [2.05, 4.69) is 20.2 Å². The molecule has 1 saturated heterocycles. The molecule has 0 aromatic carbocycles. The van der Waals surface area contributed by atoms with Gasteiger partial charge >= 0.3 is 0 Å². The minimum Gasteiger partial charge on any atom is -0.379 e. The van der Waals surface area contributed by atoms with E-state index in [0.717, 1.165) is 45.2 Å². The average Bonchev–Trinajstić information content (AvgIpc) is 2.30. The molecule has 1 aromatic rings. The number of rotatable bonds is 4. The van der Waals surface area contributed by atoms with Crippen LogP contribution in [0.25, 0.3) is 0 Å². The van der Waals surface area contributed by atoms with Crippen molar-refractivity contribution < 1.29 is 4.74 Å². The first kappa shape index (κ1) is 11.6. The van der Waals surface area contributed by atoms with E-state index in [1.54, 1.807) is 6.07 Å². The van der Waals surface area contributed by atoms with Crippen LogP contribution < -0.4 is 5.32 Å². The second-order valence-electron chi connectivity index (χ2n) is 3.61. The lowest BCUT2D eigenvalue weighted by atomic mass is 10.4. The first-order chi connectivity index (χ1) is 7.84.